The Labute approximate surface area is 90.0 Å². The maximum absolute atomic E-state index is 10.9. The van der Waals surface area contributed by atoms with Gasteiger partial charge in [0.2, 0.25) is 0 Å². The number of methoxy groups -OCH3 is 1. The molecule has 82 valence electrons. The summed E-state index contributed by atoms with van der Waals surface area (Å²) in [5.74, 6) is 0.507. The van der Waals surface area contributed by atoms with E-state index in [9.17, 15) is 9.59 Å². The Bertz CT molecular complexity index is 573. The number of carboxylic acid groups (broad SMARTS) is 1. The molecule has 0 unspecified atom stereocenters. The number of fused-ring (bicyclic) bond motifs is 1. The van der Waals surface area contributed by atoms with E-state index in [1.165, 1.54) is 13.2 Å². The molecule has 0 bridgehead atoms. The van der Waals surface area contributed by atoms with E-state index in [2.05, 4.69) is 5.10 Å². The number of benzene rings is 1. The molecular weight excluding hydrogens is 212 g/mol. The molecule has 2 rings (SSSR count). The Morgan fingerprint density at radius 2 is 2.31 bits per heavy atom. The summed E-state index contributed by atoms with van der Waals surface area (Å²) < 4.78 is 5.73. The van der Waals surface area contributed by atoms with Gasteiger partial charge in [0.15, 0.2) is 6.29 Å². The number of hydrogen-bond donors (Lipinski definition) is 1. The van der Waals surface area contributed by atoms with E-state index in [0.29, 0.717) is 22.9 Å². The zero-order valence-corrected chi connectivity index (χ0v) is 8.38. The third-order valence-electron chi connectivity index (χ3n) is 2.21. The average Bonchev–Trinajstić information content (AvgIpc) is 2.66. The van der Waals surface area contributed by atoms with Crippen molar-refractivity contribution in [2.24, 2.45) is 0 Å². The second-order valence-electron chi connectivity index (χ2n) is 3.08. The molecule has 0 aliphatic rings. The van der Waals surface area contributed by atoms with E-state index in [1.54, 1.807) is 12.1 Å². The third kappa shape index (κ3) is 1.40. The van der Waals surface area contributed by atoms with Crippen molar-refractivity contribution in [1.29, 1.82) is 0 Å². The fourth-order valence-corrected chi connectivity index (χ4v) is 1.48. The van der Waals surface area contributed by atoms with Gasteiger partial charge in [0.05, 0.1) is 12.6 Å². The van der Waals surface area contributed by atoms with Gasteiger partial charge in [-0.3, -0.25) is 4.79 Å². The lowest BCUT2D eigenvalue weighted by molar-refractivity contribution is 0.112. The molecule has 1 N–H and O–H groups in total. The SMILES string of the molecule is COc1ccc2c(C=O)nn(C(=O)O)c2c1. The van der Waals surface area contributed by atoms with Crippen LogP contribution < -0.4 is 4.74 Å². The van der Waals surface area contributed by atoms with Gasteiger partial charge in [-0.05, 0) is 12.1 Å². The third-order valence-corrected chi connectivity index (χ3v) is 2.21. The van der Waals surface area contributed by atoms with Crippen molar-refractivity contribution in [2.45, 2.75) is 0 Å². The highest BCUT2D eigenvalue weighted by molar-refractivity contribution is 5.98. The van der Waals surface area contributed by atoms with Crippen molar-refractivity contribution in [2.75, 3.05) is 7.11 Å². The van der Waals surface area contributed by atoms with Gasteiger partial charge in [0.1, 0.15) is 11.4 Å². The summed E-state index contributed by atoms with van der Waals surface area (Å²) in [6.07, 6.45) is -0.722. The lowest BCUT2D eigenvalue weighted by Crippen LogP contribution is -2.09. The number of hydrogen-bond acceptors (Lipinski definition) is 4. The Morgan fingerprint density at radius 1 is 1.56 bits per heavy atom. The number of nitrogens with zero attached hydrogens (tertiary/aromatic N) is 2. The smallest absolute Gasteiger partial charge is 0.432 e. The van der Waals surface area contributed by atoms with Crippen molar-refractivity contribution in [3.8, 4) is 5.75 Å². The molecule has 16 heavy (non-hydrogen) atoms. The predicted molar refractivity (Wildman–Crippen MR) is 55.1 cm³/mol. The van der Waals surface area contributed by atoms with Crippen LogP contribution in [-0.2, 0) is 0 Å². The molecule has 1 heterocycles. The van der Waals surface area contributed by atoms with E-state index >= 15 is 0 Å². The van der Waals surface area contributed by atoms with Gasteiger partial charge in [0, 0.05) is 11.5 Å². The largest absolute Gasteiger partial charge is 0.497 e. The van der Waals surface area contributed by atoms with Crippen molar-refractivity contribution < 1.29 is 19.4 Å². The van der Waals surface area contributed by atoms with Crippen LogP contribution in [0.3, 0.4) is 0 Å². The van der Waals surface area contributed by atoms with E-state index in [0.717, 1.165) is 4.68 Å². The number of ether oxygens (including phenoxy) is 1. The van der Waals surface area contributed by atoms with Gasteiger partial charge in [-0.15, -0.1) is 0 Å². The van der Waals surface area contributed by atoms with Crippen LogP contribution >= 0.6 is 0 Å². The van der Waals surface area contributed by atoms with Crippen molar-refractivity contribution in [3.05, 3.63) is 23.9 Å². The highest BCUT2D eigenvalue weighted by Crippen LogP contribution is 2.22. The first kappa shape index (κ1) is 10.2. The van der Waals surface area contributed by atoms with E-state index in [1.807, 2.05) is 0 Å². The zero-order valence-electron chi connectivity index (χ0n) is 8.38. The number of carbonyl (C=O) groups is 2. The second kappa shape index (κ2) is 3.65. The lowest BCUT2D eigenvalue weighted by Gasteiger charge is -1.99. The van der Waals surface area contributed by atoms with Crippen LogP contribution in [0, 0.1) is 0 Å². The molecule has 1 aromatic carbocycles. The van der Waals surface area contributed by atoms with Gasteiger partial charge in [-0.2, -0.15) is 9.78 Å². The van der Waals surface area contributed by atoms with Crippen LogP contribution in [-0.4, -0.2) is 34.4 Å². The fraction of sp³-hybridized carbons (Fsp3) is 0.100. The molecule has 0 saturated carbocycles. The van der Waals surface area contributed by atoms with Gasteiger partial charge >= 0.3 is 6.09 Å². The summed E-state index contributed by atoms with van der Waals surface area (Å²) in [7, 11) is 1.48. The van der Waals surface area contributed by atoms with Crippen LogP contribution in [0.1, 0.15) is 10.5 Å². The lowest BCUT2D eigenvalue weighted by atomic mass is 10.2. The normalized spacial score (nSPS) is 10.3. The first-order valence-corrected chi connectivity index (χ1v) is 4.42. The number of rotatable bonds is 2. The quantitative estimate of drug-likeness (QED) is 0.773. The summed E-state index contributed by atoms with van der Waals surface area (Å²) in [6, 6.07) is 4.76. The fourth-order valence-electron chi connectivity index (χ4n) is 1.48. The molecule has 0 aliphatic carbocycles. The van der Waals surface area contributed by atoms with Crippen LogP contribution in [0.5, 0.6) is 5.75 Å². The molecule has 0 atom stereocenters. The highest BCUT2D eigenvalue weighted by atomic mass is 16.5. The van der Waals surface area contributed by atoms with Crippen LogP contribution in [0.2, 0.25) is 0 Å². The molecule has 0 radical (unpaired) electrons. The molecule has 2 aromatic rings. The van der Waals surface area contributed by atoms with Crippen LogP contribution in [0.25, 0.3) is 10.9 Å². The Hall–Kier alpha value is -2.37. The molecule has 6 heteroatoms. The molecule has 0 saturated heterocycles. The van der Waals surface area contributed by atoms with E-state index < -0.39 is 6.09 Å². The second-order valence-corrected chi connectivity index (χ2v) is 3.08. The molecular formula is C10H8N2O4. The molecule has 0 aliphatic heterocycles. The Balaban J connectivity index is 2.80. The van der Waals surface area contributed by atoms with Crippen LogP contribution in [0.15, 0.2) is 18.2 Å². The van der Waals surface area contributed by atoms with Gasteiger partial charge < -0.3 is 9.84 Å². The van der Waals surface area contributed by atoms with Crippen LogP contribution in [0.4, 0.5) is 4.79 Å². The monoisotopic (exact) mass is 220 g/mol. The minimum Gasteiger partial charge on any atom is -0.497 e. The topological polar surface area (TPSA) is 81.4 Å². The van der Waals surface area contributed by atoms with Crippen molar-refractivity contribution in [3.63, 3.8) is 0 Å². The van der Waals surface area contributed by atoms with Gasteiger partial charge in [-0.1, -0.05) is 0 Å². The summed E-state index contributed by atoms with van der Waals surface area (Å²) in [5, 5.41) is 13.1. The average molecular weight is 220 g/mol. The summed E-state index contributed by atoms with van der Waals surface area (Å²) in [6.45, 7) is 0. The number of carbonyl (C=O) groups excluding carboxylic acids is 1. The van der Waals surface area contributed by atoms with Crippen molar-refractivity contribution >= 4 is 23.3 Å². The first-order chi connectivity index (χ1) is 7.67. The molecule has 0 amide bonds. The molecule has 0 fully saturated rings. The number of aromatic nitrogens is 2. The highest BCUT2D eigenvalue weighted by Gasteiger charge is 2.14. The summed E-state index contributed by atoms with van der Waals surface area (Å²) in [4.78, 5) is 21.6. The standard InChI is InChI=1S/C10H8N2O4/c1-16-6-2-3-7-8(5-13)11-12(10(14)15)9(7)4-6/h2-5H,1H3,(H,14,15). The first-order valence-electron chi connectivity index (χ1n) is 4.42. The van der Waals surface area contributed by atoms with E-state index in [-0.39, 0.29) is 5.69 Å². The molecule has 1 aromatic heterocycles. The maximum atomic E-state index is 10.9. The predicted octanol–water partition coefficient (Wildman–Crippen LogP) is 1.38. The van der Waals surface area contributed by atoms with Crippen molar-refractivity contribution in [1.82, 2.24) is 9.78 Å². The summed E-state index contributed by atoms with van der Waals surface area (Å²) in [5.41, 5.74) is 0.425. The van der Waals surface area contributed by atoms with Gasteiger partial charge in [-0.25, -0.2) is 4.79 Å². The zero-order chi connectivity index (χ0) is 11.7. The summed E-state index contributed by atoms with van der Waals surface area (Å²) >= 11 is 0. The Morgan fingerprint density at radius 3 is 2.88 bits per heavy atom. The van der Waals surface area contributed by atoms with Gasteiger partial charge in [0.25, 0.3) is 0 Å². The van der Waals surface area contributed by atoms with E-state index in [4.69, 9.17) is 9.84 Å². The maximum Gasteiger partial charge on any atom is 0.432 e. The minimum atomic E-state index is -1.24. The Kier molecular flexibility index (Phi) is 2.32. The number of aldehydes is 1. The minimum absolute atomic E-state index is 0.0973. The molecule has 0 spiro atoms. The molecule has 6 nitrogen and oxygen atoms in total.